The summed E-state index contributed by atoms with van der Waals surface area (Å²) in [6.07, 6.45) is 10.0. The van der Waals surface area contributed by atoms with Gasteiger partial charge >= 0.3 is 0 Å². The lowest BCUT2D eigenvalue weighted by Crippen LogP contribution is -2.51. The molecule has 2 N–H and O–H groups in total. The first-order chi connectivity index (χ1) is 15.5. The van der Waals surface area contributed by atoms with E-state index in [4.69, 9.17) is 4.74 Å². The molecule has 0 spiro atoms. The molecule has 7 nitrogen and oxygen atoms in total. The molecule has 0 atom stereocenters. The predicted molar refractivity (Wildman–Crippen MR) is 121 cm³/mol. The SMILES string of the molecule is CCOCCNC(=O)Cc1cn2c(C(=O)NCC34CC5CC(CC(C5)C3)C4)cccc2n1. The van der Waals surface area contributed by atoms with Crippen molar-refractivity contribution in [1.82, 2.24) is 20.0 Å². The zero-order valence-electron chi connectivity index (χ0n) is 18.9. The molecule has 4 saturated carbocycles. The third-order valence-electron chi connectivity index (χ3n) is 7.68. The lowest BCUT2D eigenvalue weighted by molar-refractivity contribution is -0.120. The van der Waals surface area contributed by atoms with E-state index >= 15 is 0 Å². The van der Waals surface area contributed by atoms with Crippen LogP contribution < -0.4 is 10.6 Å². The monoisotopic (exact) mass is 438 g/mol. The topological polar surface area (TPSA) is 84.7 Å². The van der Waals surface area contributed by atoms with Crippen molar-refractivity contribution in [2.75, 3.05) is 26.3 Å². The van der Waals surface area contributed by atoms with Gasteiger partial charge in [-0.25, -0.2) is 4.98 Å². The van der Waals surface area contributed by atoms with Crippen LogP contribution in [0.2, 0.25) is 0 Å². The zero-order valence-corrected chi connectivity index (χ0v) is 18.9. The first kappa shape index (κ1) is 21.4. The lowest BCUT2D eigenvalue weighted by Gasteiger charge is -2.56. The molecule has 172 valence electrons. The van der Waals surface area contributed by atoms with Gasteiger partial charge in [-0.3, -0.25) is 14.0 Å². The maximum Gasteiger partial charge on any atom is 0.268 e. The van der Waals surface area contributed by atoms with Crippen LogP contribution in [0.4, 0.5) is 0 Å². The summed E-state index contributed by atoms with van der Waals surface area (Å²) in [7, 11) is 0. The van der Waals surface area contributed by atoms with Crippen molar-refractivity contribution in [3.63, 3.8) is 0 Å². The minimum absolute atomic E-state index is 0.0588. The Labute approximate surface area is 189 Å². The number of carbonyl (C=O) groups excluding carboxylic acids is 2. The molecule has 0 radical (unpaired) electrons. The second-order valence-corrected chi connectivity index (χ2v) is 10.2. The van der Waals surface area contributed by atoms with Gasteiger partial charge < -0.3 is 15.4 Å². The Hall–Kier alpha value is -2.41. The summed E-state index contributed by atoms with van der Waals surface area (Å²) in [6, 6.07) is 5.55. The molecular formula is C25H34N4O3. The van der Waals surface area contributed by atoms with Crippen molar-refractivity contribution in [2.24, 2.45) is 23.2 Å². The van der Waals surface area contributed by atoms with Crippen LogP contribution >= 0.6 is 0 Å². The van der Waals surface area contributed by atoms with Crippen LogP contribution in [0.1, 0.15) is 61.6 Å². The summed E-state index contributed by atoms with van der Waals surface area (Å²) in [5.41, 5.74) is 2.21. The highest BCUT2D eigenvalue weighted by molar-refractivity contribution is 5.93. The van der Waals surface area contributed by atoms with Gasteiger partial charge in [0, 0.05) is 25.9 Å². The molecule has 2 aromatic rings. The maximum atomic E-state index is 13.1. The normalized spacial score (nSPS) is 28.2. The summed E-state index contributed by atoms with van der Waals surface area (Å²) in [6.45, 7) is 4.32. The summed E-state index contributed by atoms with van der Waals surface area (Å²) >= 11 is 0. The average Bonchev–Trinajstić information content (AvgIpc) is 3.16. The number of hydrogen-bond donors (Lipinski definition) is 2. The smallest absolute Gasteiger partial charge is 0.268 e. The van der Waals surface area contributed by atoms with Gasteiger partial charge in [0.1, 0.15) is 11.3 Å². The van der Waals surface area contributed by atoms with E-state index in [0.717, 1.165) is 24.3 Å². The molecule has 32 heavy (non-hydrogen) atoms. The van der Waals surface area contributed by atoms with Gasteiger partial charge in [0.15, 0.2) is 0 Å². The number of aromatic nitrogens is 2. The minimum Gasteiger partial charge on any atom is -0.380 e. The van der Waals surface area contributed by atoms with Crippen LogP contribution in [0.15, 0.2) is 24.4 Å². The molecule has 0 saturated heterocycles. The van der Waals surface area contributed by atoms with Crippen LogP contribution in [0.25, 0.3) is 5.65 Å². The summed E-state index contributed by atoms with van der Waals surface area (Å²) in [5, 5.41) is 6.10. The van der Waals surface area contributed by atoms with E-state index in [-0.39, 0.29) is 18.2 Å². The van der Waals surface area contributed by atoms with Gasteiger partial charge in [-0.2, -0.15) is 0 Å². The molecule has 2 amide bonds. The molecule has 0 aromatic carbocycles. The number of pyridine rings is 1. The van der Waals surface area contributed by atoms with Crippen molar-refractivity contribution in [1.29, 1.82) is 0 Å². The quantitative estimate of drug-likeness (QED) is 0.590. The van der Waals surface area contributed by atoms with Gasteiger partial charge in [0.25, 0.3) is 5.91 Å². The minimum atomic E-state index is -0.0964. The van der Waals surface area contributed by atoms with E-state index in [0.29, 0.717) is 42.2 Å². The maximum absolute atomic E-state index is 13.1. The fraction of sp³-hybridized carbons (Fsp3) is 0.640. The second kappa shape index (κ2) is 8.85. The molecule has 2 aromatic heterocycles. The third kappa shape index (κ3) is 4.40. The van der Waals surface area contributed by atoms with Gasteiger partial charge in [-0.1, -0.05) is 6.07 Å². The predicted octanol–water partition coefficient (Wildman–Crippen LogP) is 2.98. The molecule has 6 rings (SSSR count). The molecule has 0 unspecified atom stereocenters. The Morgan fingerprint density at radius 2 is 1.84 bits per heavy atom. The van der Waals surface area contributed by atoms with Crippen LogP contribution in [-0.2, 0) is 16.0 Å². The number of hydrogen-bond acceptors (Lipinski definition) is 4. The number of fused-ring (bicyclic) bond motifs is 1. The van der Waals surface area contributed by atoms with Crippen molar-refractivity contribution >= 4 is 17.5 Å². The number of nitrogens with zero attached hydrogens (tertiary/aromatic N) is 2. The van der Waals surface area contributed by atoms with E-state index in [1.54, 1.807) is 10.6 Å². The third-order valence-corrected chi connectivity index (χ3v) is 7.68. The van der Waals surface area contributed by atoms with Gasteiger partial charge in [-0.15, -0.1) is 0 Å². The second-order valence-electron chi connectivity index (χ2n) is 10.2. The largest absolute Gasteiger partial charge is 0.380 e. The fourth-order valence-corrected chi connectivity index (χ4v) is 6.83. The van der Waals surface area contributed by atoms with Crippen molar-refractivity contribution < 1.29 is 14.3 Å². The van der Waals surface area contributed by atoms with Crippen LogP contribution in [0, 0.1) is 23.2 Å². The number of rotatable bonds is 9. The molecule has 4 aliphatic carbocycles. The molecule has 4 bridgehead atoms. The summed E-state index contributed by atoms with van der Waals surface area (Å²) < 4.78 is 7.05. The Morgan fingerprint density at radius 1 is 1.12 bits per heavy atom. The number of imidazole rings is 1. The highest BCUT2D eigenvalue weighted by atomic mass is 16.5. The van der Waals surface area contributed by atoms with Gasteiger partial charge in [-0.05, 0) is 80.8 Å². The van der Waals surface area contributed by atoms with E-state index < -0.39 is 0 Å². The van der Waals surface area contributed by atoms with E-state index in [9.17, 15) is 9.59 Å². The first-order valence-electron chi connectivity index (χ1n) is 12.1. The Balaban J connectivity index is 1.23. The number of amides is 2. The number of ether oxygens (including phenoxy) is 1. The zero-order chi connectivity index (χ0) is 22.1. The summed E-state index contributed by atoms with van der Waals surface area (Å²) in [4.78, 5) is 29.9. The first-order valence-corrected chi connectivity index (χ1v) is 12.1. The molecule has 4 aliphatic rings. The van der Waals surface area contributed by atoms with Crippen molar-refractivity contribution in [3.8, 4) is 0 Å². The van der Waals surface area contributed by atoms with Crippen molar-refractivity contribution in [3.05, 3.63) is 35.8 Å². The van der Waals surface area contributed by atoms with Crippen LogP contribution in [-0.4, -0.2) is 47.5 Å². The molecule has 0 aliphatic heterocycles. The molecule has 7 heteroatoms. The average molecular weight is 439 g/mol. The van der Waals surface area contributed by atoms with Gasteiger partial charge in [0.05, 0.1) is 18.7 Å². The Kier molecular flexibility index (Phi) is 5.93. The Bertz CT molecular complexity index is 963. The molecule has 4 fully saturated rings. The number of carbonyl (C=O) groups is 2. The highest BCUT2D eigenvalue weighted by Crippen LogP contribution is 2.59. The fourth-order valence-electron chi connectivity index (χ4n) is 6.83. The van der Waals surface area contributed by atoms with Crippen molar-refractivity contribution in [2.45, 2.75) is 51.9 Å². The lowest BCUT2D eigenvalue weighted by atomic mass is 9.49. The Morgan fingerprint density at radius 3 is 2.53 bits per heavy atom. The number of nitrogens with one attached hydrogen (secondary N) is 2. The molecule has 2 heterocycles. The van der Waals surface area contributed by atoms with E-state index in [1.807, 2.05) is 25.1 Å². The molecular weight excluding hydrogens is 404 g/mol. The highest BCUT2D eigenvalue weighted by Gasteiger charge is 2.50. The van der Waals surface area contributed by atoms with Crippen LogP contribution in [0.5, 0.6) is 0 Å². The standard InChI is InChI=1S/C25H34N4O3/c1-2-32-7-6-26-23(30)11-20-15-29-21(4-3-5-22(29)28-20)24(31)27-16-25-12-17-8-18(13-25)10-19(9-17)14-25/h3-5,15,17-19H,2,6-14,16H2,1H3,(H,26,30)(H,27,31). The van der Waals surface area contributed by atoms with E-state index in [1.165, 1.54) is 38.5 Å². The van der Waals surface area contributed by atoms with Gasteiger partial charge in [0.2, 0.25) is 5.91 Å². The summed E-state index contributed by atoms with van der Waals surface area (Å²) in [5.74, 6) is 2.46. The van der Waals surface area contributed by atoms with E-state index in [2.05, 4.69) is 15.6 Å². The van der Waals surface area contributed by atoms with Crippen LogP contribution in [0.3, 0.4) is 0 Å².